The highest BCUT2D eigenvalue weighted by Gasteiger charge is 2.20. The molecule has 2 aromatic rings. The number of hydrogen-bond donors (Lipinski definition) is 2. The second-order valence-electron chi connectivity index (χ2n) is 4.81. The Bertz CT molecular complexity index is 606. The summed E-state index contributed by atoms with van der Waals surface area (Å²) in [7, 11) is 0. The van der Waals surface area contributed by atoms with Crippen molar-refractivity contribution in [1.82, 2.24) is 4.98 Å². The van der Waals surface area contributed by atoms with Crippen molar-refractivity contribution in [2.75, 3.05) is 10.6 Å². The third kappa shape index (κ3) is 3.36. The van der Waals surface area contributed by atoms with Gasteiger partial charge in [-0.15, -0.1) is 0 Å². The molecule has 0 atom stereocenters. The summed E-state index contributed by atoms with van der Waals surface area (Å²) in [6.07, 6.45) is 4.19. The fraction of sp³-hybridized carbons (Fsp3) is 0.200. The van der Waals surface area contributed by atoms with Gasteiger partial charge in [-0.3, -0.25) is 4.79 Å². The molecule has 0 saturated heterocycles. The number of nitrogens with one attached hydrogen (secondary N) is 2. The molecule has 1 aromatic heterocycles. The molecule has 4 nitrogen and oxygen atoms in total. The van der Waals surface area contributed by atoms with Crippen molar-refractivity contribution in [3.63, 3.8) is 0 Å². The van der Waals surface area contributed by atoms with Crippen molar-refractivity contribution in [3.05, 3.63) is 52.6 Å². The molecule has 1 aliphatic rings. The molecule has 1 aromatic carbocycles. The molecule has 2 N–H and O–H groups in total. The molecular formula is C15H14BrN3O. The molecular weight excluding hydrogens is 318 g/mol. The van der Waals surface area contributed by atoms with E-state index in [0.29, 0.717) is 17.4 Å². The molecule has 0 aliphatic heterocycles. The van der Waals surface area contributed by atoms with E-state index in [-0.39, 0.29) is 5.91 Å². The van der Waals surface area contributed by atoms with Gasteiger partial charge in [0.15, 0.2) is 0 Å². The number of carbonyl (C=O) groups excluding carboxylic acids is 1. The summed E-state index contributed by atoms with van der Waals surface area (Å²) in [5.41, 5.74) is 1.60. The fourth-order valence-electron chi connectivity index (χ4n) is 1.81. The summed E-state index contributed by atoms with van der Waals surface area (Å²) in [4.78, 5) is 16.3. The number of hydrogen-bond acceptors (Lipinski definition) is 3. The van der Waals surface area contributed by atoms with Crippen LogP contribution in [0.5, 0.6) is 0 Å². The molecule has 1 saturated carbocycles. The van der Waals surface area contributed by atoms with Gasteiger partial charge in [-0.2, -0.15) is 0 Å². The molecule has 0 spiro atoms. The van der Waals surface area contributed by atoms with E-state index in [0.717, 1.165) is 10.2 Å². The van der Waals surface area contributed by atoms with Gasteiger partial charge in [-0.05, 0) is 49.2 Å². The standard InChI is InChI=1S/C15H14BrN3O/c16-11-3-1-10(2-4-11)15(20)19-14-8-7-13(9-17-14)18-12-5-6-12/h1-4,7-9,12,18H,5-6H2,(H,17,19,20). The maximum absolute atomic E-state index is 12.0. The quantitative estimate of drug-likeness (QED) is 0.898. The zero-order valence-corrected chi connectivity index (χ0v) is 12.4. The van der Waals surface area contributed by atoms with E-state index >= 15 is 0 Å². The van der Waals surface area contributed by atoms with Gasteiger partial charge in [-0.25, -0.2) is 4.98 Å². The highest BCUT2D eigenvalue weighted by molar-refractivity contribution is 9.10. The van der Waals surface area contributed by atoms with E-state index in [4.69, 9.17) is 0 Å². The maximum atomic E-state index is 12.0. The molecule has 0 unspecified atom stereocenters. The van der Waals surface area contributed by atoms with E-state index in [1.54, 1.807) is 18.3 Å². The predicted octanol–water partition coefficient (Wildman–Crippen LogP) is 3.67. The molecule has 3 rings (SSSR count). The molecule has 1 amide bonds. The Kier molecular flexibility index (Phi) is 3.69. The lowest BCUT2D eigenvalue weighted by Crippen LogP contribution is -2.13. The zero-order valence-electron chi connectivity index (χ0n) is 10.8. The van der Waals surface area contributed by atoms with Crippen LogP contribution in [0.1, 0.15) is 23.2 Å². The van der Waals surface area contributed by atoms with Crippen molar-refractivity contribution in [2.24, 2.45) is 0 Å². The van der Waals surface area contributed by atoms with Crippen LogP contribution in [0, 0.1) is 0 Å². The van der Waals surface area contributed by atoms with Crippen molar-refractivity contribution in [1.29, 1.82) is 0 Å². The normalized spacial score (nSPS) is 13.8. The minimum atomic E-state index is -0.159. The Morgan fingerprint density at radius 3 is 2.50 bits per heavy atom. The molecule has 1 heterocycles. The number of benzene rings is 1. The molecule has 0 radical (unpaired) electrons. The largest absolute Gasteiger partial charge is 0.381 e. The number of carbonyl (C=O) groups is 1. The van der Waals surface area contributed by atoms with Crippen LogP contribution in [0.3, 0.4) is 0 Å². The van der Waals surface area contributed by atoms with Gasteiger partial charge in [0.1, 0.15) is 5.82 Å². The summed E-state index contributed by atoms with van der Waals surface area (Å²) in [6, 6.07) is 11.5. The number of amides is 1. The van der Waals surface area contributed by atoms with Crippen LogP contribution in [0.15, 0.2) is 47.1 Å². The molecule has 5 heteroatoms. The minimum absolute atomic E-state index is 0.159. The highest BCUT2D eigenvalue weighted by atomic mass is 79.9. The van der Waals surface area contributed by atoms with Gasteiger partial charge in [0, 0.05) is 16.1 Å². The molecule has 20 heavy (non-hydrogen) atoms. The maximum Gasteiger partial charge on any atom is 0.256 e. The number of halogens is 1. The number of aromatic nitrogens is 1. The van der Waals surface area contributed by atoms with Crippen LogP contribution in [0.4, 0.5) is 11.5 Å². The van der Waals surface area contributed by atoms with Crippen LogP contribution in [0.25, 0.3) is 0 Å². The van der Waals surface area contributed by atoms with E-state index in [1.807, 2.05) is 24.3 Å². The predicted molar refractivity (Wildman–Crippen MR) is 83.0 cm³/mol. The van der Waals surface area contributed by atoms with Gasteiger partial charge >= 0.3 is 0 Å². The van der Waals surface area contributed by atoms with E-state index in [1.165, 1.54) is 12.8 Å². The van der Waals surface area contributed by atoms with Crippen molar-refractivity contribution >= 4 is 33.3 Å². The molecule has 102 valence electrons. The van der Waals surface area contributed by atoms with Gasteiger partial charge < -0.3 is 10.6 Å². The second-order valence-corrected chi connectivity index (χ2v) is 5.73. The van der Waals surface area contributed by atoms with Crippen LogP contribution in [-0.4, -0.2) is 16.9 Å². The Labute approximate surface area is 125 Å². The lowest BCUT2D eigenvalue weighted by molar-refractivity contribution is 0.102. The average molecular weight is 332 g/mol. The number of nitrogens with zero attached hydrogens (tertiary/aromatic N) is 1. The first-order valence-electron chi connectivity index (χ1n) is 6.50. The Balaban J connectivity index is 1.64. The van der Waals surface area contributed by atoms with Crippen molar-refractivity contribution < 1.29 is 4.79 Å². The third-order valence-corrected chi connectivity index (χ3v) is 3.59. The van der Waals surface area contributed by atoms with Gasteiger partial charge in [0.05, 0.1) is 11.9 Å². The number of pyridine rings is 1. The Morgan fingerprint density at radius 2 is 1.90 bits per heavy atom. The molecule has 1 aliphatic carbocycles. The minimum Gasteiger partial charge on any atom is -0.381 e. The summed E-state index contributed by atoms with van der Waals surface area (Å²) < 4.78 is 0.947. The summed E-state index contributed by atoms with van der Waals surface area (Å²) >= 11 is 3.34. The van der Waals surface area contributed by atoms with E-state index < -0.39 is 0 Å². The van der Waals surface area contributed by atoms with Crippen molar-refractivity contribution in [3.8, 4) is 0 Å². The second kappa shape index (κ2) is 5.63. The summed E-state index contributed by atoms with van der Waals surface area (Å²) in [6.45, 7) is 0. The topological polar surface area (TPSA) is 54.0 Å². The third-order valence-electron chi connectivity index (χ3n) is 3.06. The summed E-state index contributed by atoms with van der Waals surface area (Å²) in [5, 5.41) is 6.13. The van der Waals surface area contributed by atoms with Crippen LogP contribution in [0.2, 0.25) is 0 Å². The molecule has 0 bridgehead atoms. The first-order valence-corrected chi connectivity index (χ1v) is 7.29. The van der Waals surface area contributed by atoms with Crippen LogP contribution < -0.4 is 10.6 Å². The lowest BCUT2D eigenvalue weighted by Gasteiger charge is -2.07. The number of anilines is 2. The first-order chi connectivity index (χ1) is 9.70. The van der Waals surface area contributed by atoms with Gasteiger partial charge in [-0.1, -0.05) is 15.9 Å². The number of rotatable bonds is 4. The zero-order chi connectivity index (χ0) is 13.9. The van der Waals surface area contributed by atoms with E-state index in [9.17, 15) is 4.79 Å². The fourth-order valence-corrected chi connectivity index (χ4v) is 2.07. The highest BCUT2D eigenvalue weighted by Crippen LogP contribution is 2.24. The van der Waals surface area contributed by atoms with Crippen molar-refractivity contribution in [2.45, 2.75) is 18.9 Å². The lowest BCUT2D eigenvalue weighted by atomic mass is 10.2. The Morgan fingerprint density at radius 1 is 1.15 bits per heavy atom. The molecule has 1 fully saturated rings. The Hall–Kier alpha value is -1.88. The van der Waals surface area contributed by atoms with Crippen LogP contribution >= 0.6 is 15.9 Å². The SMILES string of the molecule is O=C(Nc1ccc(NC2CC2)cn1)c1ccc(Br)cc1. The monoisotopic (exact) mass is 331 g/mol. The smallest absolute Gasteiger partial charge is 0.256 e. The average Bonchev–Trinajstić information content (AvgIpc) is 3.26. The van der Waals surface area contributed by atoms with Gasteiger partial charge in [0.2, 0.25) is 0 Å². The van der Waals surface area contributed by atoms with E-state index in [2.05, 4.69) is 31.5 Å². The van der Waals surface area contributed by atoms with Crippen LogP contribution in [-0.2, 0) is 0 Å². The van der Waals surface area contributed by atoms with Gasteiger partial charge in [0.25, 0.3) is 5.91 Å². The summed E-state index contributed by atoms with van der Waals surface area (Å²) in [5.74, 6) is 0.396. The first kappa shape index (κ1) is 13.1.